The van der Waals surface area contributed by atoms with Crippen molar-refractivity contribution in [1.82, 2.24) is 15.2 Å². The Labute approximate surface area is 140 Å². The van der Waals surface area contributed by atoms with E-state index in [2.05, 4.69) is 37.2 Å². The lowest BCUT2D eigenvalue weighted by Crippen LogP contribution is -2.00. The highest BCUT2D eigenvalue weighted by molar-refractivity contribution is 9.10. The lowest BCUT2D eigenvalue weighted by molar-refractivity contribution is 0.975. The van der Waals surface area contributed by atoms with E-state index in [0.29, 0.717) is 16.5 Å². The van der Waals surface area contributed by atoms with Crippen LogP contribution in [0.1, 0.15) is 5.69 Å². The van der Waals surface area contributed by atoms with Crippen LogP contribution >= 0.6 is 27.5 Å². The van der Waals surface area contributed by atoms with E-state index in [4.69, 9.17) is 11.6 Å². The summed E-state index contributed by atoms with van der Waals surface area (Å²) in [6.07, 6.45) is 0. The van der Waals surface area contributed by atoms with Crippen LogP contribution in [0.5, 0.6) is 0 Å². The van der Waals surface area contributed by atoms with Crippen LogP contribution in [0.4, 0.5) is 0 Å². The summed E-state index contributed by atoms with van der Waals surface area (Å²) in [5.41, 5.74) is 2.22. The zero-order chi connectivity index (χ0) is 15.5. The molecule has 0 amide bonds. The van der Waals surface area contributed by atoms with Gasteiger partial charge in [-0.15, -0.1) is 10.2 Å². The minimum atomic E-state index is 0.229. The highest BCUT2D eigenvalue weighted by Crippen LogP contribution is 2.24. The molecule has 0 N–H and O–H groups in total. The summed E-state index contributed by atoms with van der Waals surface area (Å²) in [6.45, 7) is 0. The molecule has 0 spiro atoms. The molecule has 1 aromatic heterocycles. The molecule has 0 saturated heterocycles. The maximum Gasteiger partial charge on any atom is 0.183 e. The van der Waals surface area contributed by atoms with E-state index in [-0.39, 0.29) is 5.69 Å². The zero-order valence-electron chi connectivity index (χ0n) is 11.2. The minimum absolute atomic E-state index is 0.229. The van der Waals surface area contributed by atoms with Crippen molar-refractivity contribution in [1.29, 1.82) is 5.26 Å². The van der Waals surface area contributed by atoms with Crippen LogP contribution in [0.2, 0.25) is 5.02 Å². The van der Waals surface area contributed by atoms with Gasteiger partial charge in [0.15, 0.2) is 11.5 Å². The van der Waals surface area contributed by atoms with Gasteiger partial charge >= 0.3 is 0 Å². The van der Waals surface area contributed by atoms with Crippen molar-refractivity contribution in [3.8, 4) is 28.7 Å². The van der Waals surface area contributed by atoms with Gasteiger partial charge in [0, 0.05) is 20.6 Å². The van der Waals surface area contributed by atoms with Gasteiger partial charge in [-0.2, -0.15) is 5.26 Å². The molecule has 4 nitrogen and oxygen atoms in total. The molecule has 2 aromatic carbocycles. The Morgan fingerprint density at radius 3 is 2.45 bits per heavy atom. The Hall–Kier alpha value is -2.29. The summed E-state index contributed by atoms with van der Waals surface area (Å²) in [5.74, 6) is 0.413. The molecule has 0 fully saturated rings. The molecule has 0 atom stereocenters. The molecule has 0 bridgehead atoms. The number of nitriles is 1. The summed E-state index contributed by atoms with van der Waals surface area (Å²) in [7, 11) is 0. The third kappa shape index (κ3) is 2.98. The first kappa shape index (κ1) is 14.6. The molecule has 0 unspecified atom stereocenters. The first-order chi connectivity index (χ1) is 10.7. The average molecular weight is 372 g/mol. The number of hydrogen-bond donors (Lipinski definition) is 0. The van der Waals surface area contributed by atoms with Gasteiger partial charge in [0.1, 0.15) is 11.8 Å². The molecule has 0 saturated carbocycles. The quantitative estimate of drug-likeness (QED) is 0.665. The minimum Gasteiger partial charge on any atom is -0.213 e. The lowest BCUT2D eigenvalue weighted by Gasteiger charge is -2.05. The van der Waals surface area contributed by atoms with E-state index >= 15 is 0 Å². The van der Waals surface area contributed by atoms with Crippen molar-refractivity contribution in [2.45, 2.75) is 0 Å². The predicted octanol–water partition coefficient (Wildman–Crippen LogP) is 4.49. The fourth-order valence-corrected chi connectivity index (χ4v) is 2.48. The van der Waals surface area contributed by atoms with E-state index in [1.165, 1.54) is 0 Å². The molecule has 0 radical (unpaired) electrons. The Morgan fingerprint density at radius 1 is 1.00 bits per heavy atom. The Balaban J connectivity index is 2.08. The summed E-state index contributed by atoms with van der Waals surface area (Å²) in [6, 6.07) is 16.6. The third-order valence-corrected chi connectivity index (χ3v) is 3.74. The lowest BCUT2D eigenvalue weighted by atomic mass is 10.1. The van der Waals surface area contributed by atoms with Crippen LogP contribution in [-0.4, -0.2) is 15.2 Å². The van der Waals surface area contributed by atoms with E-state index < -0.39 is 0 Å². The fourth-order valence-electron chi connectivity index (χ4n) is 1.96. The van der Waals surface area contributed by atoms with Gasteiger partial charge in [-0.3, -0.25) is 0 Å². The number of nitrogens with zero attached hydrogens (tertiary/aromatic N) is 4. The summed E-state index contributed by atoms with van der Waals surface area (Å²) >= 11 is 9.27. The van der Waals surface area contributed by atoms with Crippen molar-refractivity contribution >= 4 is 27.5 Å². The number of benzene rings is 2. The van der Waals surface area contributed by atoms with Crippen LogP contribution in [0, 0.1) is 11.3 Å². The van der Waals surface area contributed by atoms with Gasteiger partial charge < -0.3 is 0 Å². The maximum absolute atomic E-state index is 9.34. The zero-order valence-corrected chi connectivity index (χ0v) is 13.5. The average Bonchev–Trinajstić information content (AvgIpc) is 2.55. The topological polar surface area (TPSA) is 62.5 Å². The smallest absolute Gasteiger partial charge is 0.183 e. The van der Waals surface area contributed by atoms with Crippen LogP contribution in [0.25, 0.3) is 22.6 Å². The highest BCUT2D eigenvalue weighted by atomic mass is 79.9. The normalized spacial score (nSPS) is 10.2. The van der Waals surface area contributed by atoms with E-state index in [9.17, 15) is 5.26 Å². The molecule has 22 heavy (non-hydrogen) atoms. The fraction of sp³-hybridized carbons (Fsp3) is 0. The van der Waals surface area contributed by atoms with Crippen LogP contribution in [0.15, 0.2) is 53.0 Å². The third-order valence-electron chi connectivity index (χ3n) is 2.99. The van der Waals surface area contributed by atoms with Crippen molar-refractivity contribution < 1.29 is 0 Å². The van der Waals surface area contributed by atoms with Gasteiger partial charge in [0.05, 0.1) is 0 Å². The van der Waals surface area contributed by atoms with Gasteiger partial charge in [0.2, 0.25) is 0 Å². The predicted molar refractivity (Wildman–Crippen MR) is 88.1 cm³/mol. The SMILES string of the molecule is N#Cc1nc(-c2cccc(Br)c2)nnc1-c1ccc(Cl)cc1. The second kappa shape index (κ2) is 6.22. The van der Waals surface area contributed by atoms with Gasteiger partial charge in [-0.25, -0.2) is 4.98 Å². The molecule has 0 aliphatic carbocycles. The van der Waals surface area contributed by atoms with Crippen molar-refractivity contribution in [2.75, 3.05) is 0 Å². The molecule has 3 aromatic rings. The molecular weight excluding hydrogens is 364 g/mol. The molecule has 3 rings (SSSR count). The molecule has 0 aliphatic heterocycles. The molecule has 106 valence electrons. The maximum atomic E-state index is 9.34. The van der Waals surface area contributed by atoms with Gasteiger partial charge in [0.25, 0.3) is 0 Å². The monoisotopic (exact) mass is 370 g/mol. The molecule has 1 heterocycles. The highest BCUT2D eigenvalue weighted by Gasteiger charge is 2.12. The first-order valence-electron chi connectivity index (χ1n) is 6.34. The van der Waals surface area contributed by atoms with Crippen molar-refractivity contribution in [3.05, 3.63) is 63.7 Å². The van der Waals surface area contributed by atoms with Crippen LogP contribution in [0.3, 0.4) is 0 Å². The van der Waals surface area contributed by atoms with Gasteiger partial charge in [-0.1, -0.05) is 51.8 Å². The molecular formula is C16H8BrClN4. The largest absolute Gasteiger partial charge is 0.213 e. The van der Waals surface area contributed by atoms with Crippen molar-refractivity contribution in [3.63, 3.8) is 0 Å². The Bertz CT molecular complexity index is 872. The Morgan fingerprint density at radius 2 is 1.77 bits per heavy atom. The first-order valence-corrected chi connectivity index (χ1v) is 7.51. The van der Waals surface area contributed by atoms with E-state index in [0.717, 1.165) is 15.6 Å². The van der Waals surface area contributed by atoms with Crippen LogP contribution in [-0.2, 0) is 0 Å². The summed E-state index contributed by atoms with van der Waals surface area (Å²) in [5, 5.41) is 18.3. The molecule has 0 aliphatic rings. The van der Waals surface area contributed by atoms with Gasteiger partial charge in [-0.05, 0) is 24.3 Å². The van der Waals surface area contributed by atoms with E-state index in [1.54, 1.807) is 24.3 Å². The van der Waals surface area contributed by atoms with Crippen LogP contribution < -0.4 is 0 Å². The number of rotatable bonds is 2. The van der Waals surface area contributed by atoms with Crippen molar-refractivity contribution in [2.24, 2.45) is 0 Å². The second-order valence-electron chi connectivity index (χ2n) is 4.46. The standard InChI is InChI=1S/C16H8BrClN4/c17-12-3-1-2-11(8-12)16-20-14(9-19)15(21-22-16)10-4-6-13(18)7-5-10/h1-8H. The summed E-state index contributed by atoms with van der Waals surface area (Å²) < 4.78 is 0.911. The number of hydrogen-bond acceptors (Lipinski definition) is 4. The van der Waals surface area contributed by atoms with E-state index in [1.807, 2.05) is 24.3 Å². The molecule has 6 heteroatoms. The Kier molecular flexibility index (Phi) is 4.14. The number of halogens is 2. The summed E-state index contributed by atoms with van der Waals surface area (Å²) in [4.78, 5) is 4.31. The number of aromatic nitrogens is 3. The second-order valence-corrected chi connectivity index (χ2v) is 5.81.